The lowest BCUT2D eigenvalue weighted by molar-refractivity contribution is 0.359. The van der Waals surface area contributed by atoms with E-state index in [2.05, 4.69) is 5.32 Å². The first-order chi connectivity index (χ1) is 8.55. The number of sulfonamides is 1. The summed E-state index contributed by atoms with van der Waals surface area (Å²) in [7, 11) is -2.28. The molecular weight excluding hydrogens is 259 g/mol. The highest BCUT2D eigenvalue weighted by Gasteiger charge is 2.26. The van der Waals surface area contributed by atoms with Gasteiger partial charge in [0.15, 0.2) is 11.6 Å². The van der Waals surface area contributed by atoms with E-state index in [4.69, 9.17) is 4.74 Å². The van der Waals surface area contributed by atoms with Gasteiger partial charge in [-0.05, 0) is 18.2 Å². The van der Waals surface area contributed by atoms with Crippen molar-refractivity contribution < 1.29 is 17.5 Å². The Bertz CT molecular complexity index is 527. The predicted octanol–water partition coefficient (Wildman–Crippen LogP) is 0.428. The van der Waals surface area contributed by atoms with Crippen LogP contribution < -0.4 is 10.1 Å². The van der Waals surface area contributed by atoms with Gasteiger partial charge in [0.25, 0.3) is 0 Å². The molecule has 0 atom stereocenters. The number of benzene rings is 1. The smallest absolute Gasteiger partial charge is 0.243 e. The van der Waals surface area contributed by atoms with Gasteiger partial charge in [0.05, 0.1) is 12.0 Å². The molecule has 1 fully saturated rings. The van der Waals surface area contributed by atoms with Crippen LogP contribution >= 0.6 is 0 Å². The summed E-state index contributed by atoms with van der Waals surface area (Å²) in [6.07, 6.45) is 0. The van der Waals surface area contributed by atoms with Gasteiger partial charge in [0.2, 0.25) is 10.0 Å². The molecule has 1 aliphatic heterocycles. The quantitative estimate of drug-likeness (QED) is 0.868. The Morgan fingerprint density at radius 2 is 2.00 bits per heavy atom. The number of piperazine rings is 1. The van der Waals surface area contributed by atoms with Gasteiger partial charge < -0.3 is 10.1 Å². The van der Waals surface area contributed by atoms with Crippen molar-refractivity contribution in [2.45, 2.75) is 4.90 Å². The molecule has 0 radical (unpaired) electrons. The van der Waals surface area contributed by atoms with Crippen molar-refractivity contribution in [2.75, 3.05) is 33.3 Å². The second-order valence-electron chi connectivity index (χ2n) is 3.95. The molecule has 0 bridgehead atoms. The highest BCUT2D eigenvalue weighted by Crippen LogP contribution is 2.23. The summed E-state index contributed by atoms with van der Waals surface area (Å²) in [4.78, 5) is -0.0392. The third kappa shape index (κ3) is 2.47. The summed E-state index contributed by atoms with van der Waals surface area (Å²) in [5, 5.41) is 3.07. The van der Waals surface area contributed by atoms with Gasteiger partial charge in [0.1, 0.15) is 0 Å². The van der Waals surface area contributed by atoms with Gasteiger partial charge in [-0.3, -0.25) is 0 Å². The lowest BCUT2D eigenvalue weighted by atomic mass is 10.3. The number of nitrogens with zero attached hydrogens (tertiary/aromatic N) is 1. The van der Waals surface area contributed by atoms with E-state index in [1.54, 1.807) is 0 Å². The molecule has 0 unspecified atom stereocenters. The highest BCUT2D eigenvalue weighted by molar-refractivity contribution is 7.89. The largest absolute Gasteiger partial charge is 0.494 e. The topological polar surface area (TPSA) is 58.6 Å². The van der Waals surface area contributed by atoms with Crippen LogP contribution in [0, 0.1) is 5.82 Å². The Morgan fingerprint density at radius 1 is 1.33 bits per heavy atom. The first-order valence-electron chi connectivity index (χ1n) is 5.60. The Kier molecular flexibility index (Phi) is 3.84. The molecule has 18 heavy (non-hydrogen) atoms. The minimum Gasteiger partial charge on any atom is -0.494 e. The minimum atomic E-state index is -3.61. The fourth-order valence-corrected chi connectivity index (χ4v) is 3.30. The Hall–Kier alpha value is -1.18. The van der Waals surface area contributed by atoms with Crippen LogP contribution in [0.15, 0.2) is 23.1 Å². The van der Waals surface area contributed by atoms with Gasteiger partial charge in [0, 0.05) is 26.2 Å². The van der Waals surface area contributed by atoms with E-state index < -0.39 is 15.8 Å². The van der Waals surface area contributed by atoms with E-state index in [0.29, 0.717) is 26.2 Å². The number of ether oxygens (including phenoxy) is 1. The highest BCUT2D eigenvalue weighted by atomic mass is 32.2. The van der Waals surface area contributed by atoms with Gasteiger partial charge in [-0.15, -0.1) is 0 Å². The molecule has 100 valence electrons. The summed E-state index contributed by atoms with van der Waals surface area (Å²) < 4.78 is 44.1. The zero-order valence-electron chi connectivity index (χ0n) is 10.0. The maximum absolute atomic E-state index is 13.5. The molecule has 7 heteroatoms. The molecule has 1 saturated heterocycles. The van der Waals surface area contributed by atoms with Crippen LogP contribution in [-0.2, 0) is 10.0 Å². The molecule has 1 aromatic carbocycles. The van der Waals surface area contributed by atoms with Crippen LogP contribution in [0.3, 0.4) is 0 Å². The maximum atomic E-state index is 13.5. The third-order valence-corrected chi connectivity index (χ3v) is 4.73. The van der Waals surface area contributed by atoms with E-state index in [1.807, 2.05) is 0 Å². The Balaban J connectivity index is 2.32. The van der Waals surface area contributed by atoms with Crippen LogP contribution in [0.5, 0.6) is 5.75 Å². The van der Waals surface area contributed by atoms with Crippen molar-refractivity contribution >= 4 is 10.0 Å². The zero-order valence-corrected chi connectivity index (χ0v) is 10.8. The zero-order chi connectivity index (χ0) is 13.2. The molecule has 0 spiro atoms. The molecule has 1 aliphatic rings. The summed E-state index contributed by atoms with van der Waals surface area (Å²) in [6.45, 7) is 2.02. The van der Waals surface area contributed by atoms with Crippen LogP contribution in [0.4, 0.5) is 4.39 Å². The molecule has 0 aromatic heterocycles. The van der Waals surface area contributed by atoms with Crippen molar-refractivity contribution in [3.8, 4) is 5.75 Å². The fourth-order valence-electron chi connectivity index (χ4n) is 1.84. The van der Waals surface area contributed by atoms with E-state index in [9.17, 15) is 12.8 Å². The lowest BCUT2D eigenvalue weighted by Crippen LogP contribution is -2.46. The Labute approximate surface area is 106 Å². The summed E-state index contributed by atoms with van der Waals surface area (Å²) >= 11 is 0. The molecule has 2 rings (SSSR count). The van der Waals surface area contributed by atoms with Gasteiger partial charge in [-0.25, -0.2) is 12.8 Å². The van der Waals surface area contributed by atoms with E-state index in [0.717, 1.165) is 6.07 Å². The average molecular weight is 274 g/mol. The molecule has 5 nitrogen and oxygen atoms in total. The third-order valence-electron chi connectivity index (χ3n) is 2.84. The fraction of sp³-hybridized carbons (Fsp3) is 0.455. The van der Waals surface area contributed by atoms with Gasteiger partial charge in [-0.1, -0.05) is 0 Å². The molecule has 0 aliphatic carbocycles. The first kappa shape index (κ1) is 13.3. The average Bonchev–Trinajstić information content (AvgIpc) is 2.39. The van der Waals surface area contributed by atoms with Crippen molar-refractivity contribution in [1.82, 2.24) is 9.62 Å². The number of hydrogen-bond donors (Lipinski definition) is 1. The summed E-state index contributed by atoms with van der Waals surface area (Å²) in [6, 6.07) is 3.68. The number of halogens is 1. The number of rotatable bonds is 3. The van der Waals surface area contributed by atoms with Crippen LogP contribution in [-0.4, -0.2) is 46.0 Å². The summed E-state index contributed by atoms with van der Waals surface area (Å²) in [5.41, 5.74) is 0. The minimum absolute atomic E-state index is 0.0364. The molecule has 1 heterocycles. The second kappa shape index (κ2) is 5.21. The molecule has 0 amide bonds. The predicted molar refractivity (Wildman–Crippen MR) is 64.6 cm³/mol. The monoisotopic (exact) mass is 274 g/mol. The van der Waals surface area contributed by atoms with E-state index in [-0.39, 0.29) is 10.6 Å². The van der Waals surface area contributed by atoms with Crippen LogP contribution in [0.1, 0.15) is 0 Å². The molecule has 0 saturated carbocycles. The van der Waals surface area contributed by atoms with Crippen molar-refractivity contribution in [1.29, 1.82) is 0 Å². The van der Waals surface area contributed by atoms with Crippen molar-refractivity contribution in [3.63, 3.8) is 0 Å². The SMILES string of the molecule is COc1ccc(S(=O)(=O)N2CCNCC2)cc1F. The molecule has 1 N–H and O–H groups in total. The van der Waals surface area contributed by atoms with Gasteiger partial charge in [-0.2, -0.15) is 4.31 Å². The molecule has 1 aromatic rings. The van der Waals surface area contributed by atoms with Gasteiger partial charge >= 0.3 is 0 Å². The van der Waals surface area contributed by atoms with Crippen molar-refractivity contribution in [2.24, 2.45) is 0 Å². The number of nitrogens with one attached hydrogen (secondary N) is 1. The Morgan fingerprint density at radius 3 is 2.56 bits per heavy atom. The van der Waals surface area contributed by atoms with Crippen LogP contribution in [0.25, 0.3) is 0 Å². The van der Waals surface area contributed by atoms with E-state index in [1.165, 1.54) is 23.5 Å². The summed E-state index contributed by atoms with van der Waals surface area (Å²) in [5.74, 6) is -0.636. The first-order valence-corrected chi connectivity index (χ1v) is 7.04. The second-order valence-corrected chi connectivity index (χ2v) is 5.89. The normalized spacial score (nSPS) is 17.7. The van der Waals surface area contributed by atoms with Crippen molar-refractivity contribution in [3.05, 3.63) is 24.0 Å². The molecular formula is C11H15FN2O3S. The lowest BCUT2D eigenvalue weighted by Gasteiger charge is -2.26. The maximum Gasteiger partial charge on any atom is 0.243 e. The van der Waals surface area contributed by atoms with E-state index >= 15 is 0 Å². The standard InChI is InChI=1S/C11H15FN2O3S/c1-17-11-3-2-9(8-10(11)12)18(15,16)14-6-4-13-5-7-14/h2-3,8,13H,4-7H2,1H3. The van der Waals surface area contributed by atoms with Crippen LogP contribution in [0.2, 0.25) is 0 Å². The number of methoxy groups -OCH3 is 1. The number of hydrogen-bond acceptors (Lipinski definition) is 4.